The number of piperidine rings is 1. The lowest BCUT2D eigenvalue weighted by atomic mass is 9.89. The van der Waals surface area contributed by atoms with Gasteiger partial charge in [0.1, 0.15) is 0 Å². The number of phenolic OH excluding ortho intramolecular Hbond substituents is 1. The van der Waals surface area contributed by atoms with Gasteiger partial charge in [-0.2, -0.15) is 0 Å². The molecule has 32 heavy (non-hydrogen) atoms. The molecule has 7 nitrogen and oxygen atoms in total. The van der Waals surface area contributed by atoms with Crippen LogP contribution in [0.5, 0.6) is 11.5 Å². The molecule has 0 saturated carbocycles. The molecule has 1 atom stereocenters. The molecule has 1 amide bonds. The van der Waals surface area contributed by atoms with Crippen molar-refractivity contribution in [2.75, 3.05) is 33.4 Å². The first-order chi connectivity index (χ1) is 15.5. The number of rotatable bonds is 7. The minimum absolute atomic E-state index is 0.0541. The molecule has 0 radical (unpaired) electrons. The normalized spacial score (nSPS) is 19.8. The van der Waals surface area contributed by atoms with Crippen molar-refractivity contribution in [3.05, 3.63) is 52.8 Å². The molecule has 2 saturated heterocycles. The van der Waals surface area contributed by atoms with Crippen LogP contribution in [0.15, 0.2) is 30.3 Å². The second-order valence-electron chi connectivity index (χ2n) is 8.79. The number of nitrogens with zero attached hydrogens (tertiary/aromatic N) is 2. The van der Waals surface area contributed by atoms with Crippen LogP contribution < -0.4 is 10.1 Å². The van der Waals surface area contributed by atoms with Crippen LogP contribution in [0.2, 0.25) is 0 Å². The molecule has 0 aliphatic carbocycles. The number of benzene rings is 1. The number of aromatic nitrogens is 1. The number of methoxy groups -OCH3 is 1. The van der Waals surface area contributed by atoms with Crippen molar-refractivity contribution in [3.8, 4) is 11.5 Å². The Bertz CT molecular complexity index is 935. The number of hydrogen-bond acceptors (Lipinski definition) is 6. The molecule has 2 aliphatic rings. The molecule has 1 aromatic carbocycles. The van der Waals surface area contributed by atoms with Gasteiger partial charge in [-0.05, 0) is 75.5 Å². The fourth-order valence-corrected chi connectivity index (χ4v) is 4.63. The van der Waals surface area contributed by atoms with Crippen molar-refractivity contribution in [3.63, 3.8) is 0 Å². The van der Waals surface area contributed by atoms with Crippen LogP contribution >= 0.6 is 0 Å². The highest BCUT2D eigenvalue weighted by Crippen LogP contribution is 2.31. The molecule has 1 unspecified atom stereocenters. The van der Waals surface area contributed by atoms with Crippen LogP contribution in [0.4, 0.5) is 0 Å². The van der Waals surface area contributed by atoms with Crippen LogP contribution in [0, 0.1) is 6.92 Å². The summed E-state index contributed by atoms with van der Waals surface area (Å²) >= 11 is 0. The summed E-state index contributed by atoms with van der Waals surface area (Å²) in [4.78, 5) is 20.1. The number of likely N-dealkylation sites (tertiary alicyclic amines) is 1. The van der Waals surface area contributed by atoms with Crippen molar-refractivity contribution in [2.45, 2.75) is 51.2 Å². The van der Waals surface area contributed by atoms with E-state index in [2.05, 4.69) is 10.2 Å². The van der Waals surface area contributed by atoms with E-state index >= 15 is 0 Å². The van der Waals surface area contributed by atoms with Gasteiger partial charge in [0.05, 0.1) is 24.5 Å². The van der Waals surface area contributed by atoms with Crippen LogP contribution in [0.3, 0.4) is 0 Å². The molecule has 0 spiro atoms. The summed E-state index contributed by atoms with van der Waals surface area (Å²) in [6.45, 7) is 5.99. The third-order valence-corrected chi connectivity index (χ3v) is 6.45. The number of pyridine rings is 1. The Morgan fingerprint density at radius 1 is 1.25 bits per heavy atom. The average molecular weight is 440 g/mol. The highest BCUT2D eigenvalue weighted by atomic mass is 16.5. The number of phenols is 1. The number of carbonyl (C=O) groups excluding carboxylic acids is 1. The largest absolute Gasteiger partial charge is 0.504 e. The Morgan fingerprint density at radius 3 is 2.78 bits per heavy atom. The third-order valence-electron chi connectivity index (χ3n) is 6.45. The van der Waals surface area contributed by atoms with Gasteiger partial charge in [-0.1, -0.05) is 6.07 Å². The standard InChI is InChI=1S/C25H33N3O4/c1-17-5-7-21(25(30)26-15-20-4-3-13-32-20)24(27-17)19-9-11-28(12-10-19)16-18-6-8-22(29)23(14-18)31-2/h5-8,14,19-20,29H,3-4,9-13,15-16H2,1-2H3,(H,26,30). The molecule has 2 aliphatic heterocycles. The fraction of sp³-hybridized carbons (Fsp3) is 0.520. The first-order valence-electron chi connectivity index (χ1n) is 11.5. The SMILES string of the molecule is COc1cc(CN2CCC(c3nc(C)ccc3C(=O)NCC3CCCO3)CC2)ccc1O. The molecular formula is C25H33N3O4. The van der Waals surface area contributed by atoms with Crippen molar-refractivity contribution in [1.29, 1.82) is 0 Å². The topological polar surface area (TPSA) is 83.9 Å². The molecular weight excluding hydrogens is 406 g/mol. The summed E-state index contributed by atoms with van der Waals surface area (Å²) in [5.41, 5.74) is 3.66. The maximum atomic E-state index is 12.9. The Morgan fingerprint density at radius 2 is 2.06 bits per heavy atom. The summed E-state index contributed by atoms with van der Waals surface area (Å²) in [5.74, 6) is 0.872. The Balaban J connectivity index is 1.38. The zero-order valence-corrected chi connectivity index (χ0v) is 19.0. The number of aryl methyl sites for hydroxylation is 1. The van der Waals surface area contributed by atoms with E-state index in [4.69, 9.17) is 14.5 Å². The highest BCUT2D eigenvalue weighted by molar-refractivity contribution is 5.95. The second-order valence-corrected chi connectivity index (χ2v) is 8.79. The van der Waals surface area contributed by atoms with Crippen LogP contribution in [0.1, 0.15) is 58.9 Å². The molecule has 2 fully saturated rings. The minimum atomic E-state index is -0.0541. The van der Waals surface area contributed by atoms with E-state index < -0.39 is 0 Å². The van der Waals surface area contributed by atoms with Gasteiger partial charge >= 0.3 is 0 Å². The number of amides is 1. The lowest BCUT2D eigenvalue weighted by Gasteiger charge is -2.32. The summed E-state index contributed by atoms with van der Waals surface area (Å²) < 4.78 is 10.9. The molecule has 2 aromatic rings. The van der Waals surface area contributed by atoms with Crippen molar-refractivity contribution in [2.24, 2.45) is 0 Å². The van der Waals surface area contributed by atoms with E-state index in [1.54, 1.807) is 13.2 Å². The van der Waals surface area contributed by atoms with Gasteiger partial charge < -0.3 is 19.9 Å². The van der Waals surface area contributed by atoms with Crippen molar-refractivity contribution in [1.82, 2.24) is 15.2 Å². The smallest absolute Gasteiger partial charge is 0.253 e. The maximum Gasteiger partial charge on any atom is 0.253 e. The van der Waals surface area contributed by atoms with E-state index in [1.807, 2.05) is 31.2 Å². The van der Waals surface area contributed by atoms with E-state index in [0.29, 0.717) is 17.9 Å². The molecule has 7 heteroatoms. The van der Waals surface area contributed by atoms with Crippen molar-refractivity contribution < 1.29 is 19.4 Å². The van der Waals surface area contributed by atoms with E-state index in [1.165, 1.54) is 0 Å². The van der Waals surface area contributed by atoms with E-state index in [-0.39, 0.29) is 23.7 Å². The fourth-order valence-electron chi connectivity index (χ4n) is 4.63. The summed E-state index contributed by atoms with van der Waals surface area (Å²) in [5, 5.41) is 12.9. The quantitative estimate of drug-likeness (QED) is 0.688. The Labute approximate surface area is 189 Å². The van der Waals surface area contributed by atoms with Gasteiger partial charge in [-0.3, -0.25) is 14.7 Å². The molecule has 2 N–H and O–H groups in total. The monoisotopic (exact) mass is 439 g/mol. The van der Waals surface area contributed by atoms with Crippen molar-refractivity contribution >= 4 is 5.91 Å². The molecule has 0 bridgehead atoms. The predicted molar refractivity (Wildman–Crippen MR) is 122 cm³/mol. The van der Waals surface area contributed by atoms with E-state index in [0.717, 1.165) is 68.9 Å². The zero-order valence-electron chi connectivity index (χ0n) is 19.0. The van der Waals surface area contributed by atoms with Crippen LogP contribution in [-0.2, 0) is 11.3 Å². The van der Waals surface area contributed by atoms with Gasteiger partial charge in [0.25, 0.3) is 5.91 Å². The Hall–Kier alpha value is -2.64. The highest BCUT2D eigenvalue weighted by Gasteiger charge is 2.27. The first kappa shape index (κ1) is 22.6. The number of ether oxygens (including phenoxy) is 2. The van der Waals surface area contributed by atoms with Gasteiger partial charge in [-0.25, -0.2) is 0 Å². The van der Waals surface area contributed by atoms with Gasteiger partial charge in [0, 0.05) is 31.3 Å². The summed E-state index contributed by atoms with van der Waals surface area (Å²) in [6.07, 6.45) is 4.11. The summed E-state index contributed by atoms with van der Waals surface area (Å²) in [7, 11) is 1.56. The molecule has 1 aromatic heterocycles. The molecule has 172 valence electrons. The first-order valence-corrected chi connectivity index (χ1v) is 11.5. The predicted octanol–water partition coefficient (Wildman–Crippen LogP) is 3.39. The average Bonchev–Trinajstić information content (AvgIpc) is 3.33. The molecule has 4 rings (SSSR count). The minimum Gasteiger partial charge on any atom is -0.504 e. The second kappa shape index (κ2) is 10.3. The van der Waals surface area contributed by atoms with Gasteiger partial charge in [0.2, 0.25) is 0 Å². The number of carbonyl (C=O) groups is 1. The van der Waals surface area contributed by atoms with E-state index in [9.17, 15) is 9.90 Å². The van der Waals surface area contributed by atoms with Gasteiger partial charge in [-0.15, -0.1) is 0 Å². The zero-order chi connectivity index (χ0) is 22.5. The molecule has 3 heterocycles. The number of hydrogen-bond donors (Lipinski definition) is 2. The van der Waals surface area contributed by atoms with Gasteiger partial charge in [0.15, 0.2) is 11.5 Å². The lowest BCUT2D eigenvalue weighted by Crippen LogP contribution is -2.35. The van der Waals surface area contributed by atoms with Crippen LogP contribution in [0.25, 0.3) is 0 Å². The number of nitrogens with one attached hydrogen (secondary N) is 1. The van der Waals surface area contributed by atoms with Crippen LogP contribution in [-0.4, -0.2) is 60.4 Å². The number of aromatic hydroxyl groups is 1. The maximum absolute atomic E-state index is 12.9. The summed E-state index contributed by atoms with van der Waals surface area (Å²) in [6, 6.07) is 9.33. The Kier molecular flexibility index (Phi) is 7.27. The lowest BCUT2D eigenvalue weighted by molar-refractivity contribution is 0.0855. The third kappa shape index (κ3) is 5.40.